The monoisotopic (exact) mass is 314 g/mol. The number of benzene rings is 1. The molecular weight excluding hydrogens is 300 g/mol. The van der Waals surface area contributed by atoms with E-state index in [1.54, 1.807) is 0 Å². The van der Waals surface area contributed by atoms with Crippen LogP contribution in [0.4, 0.5) is 11.4 Å². The van der Waals surface area contributed by atoms with Crippen LogP contribution in [0.15, 0.2) is 24.3 Å². The molecule has 2 amide bonds. The number of nitrogens with zero attached hydrogens (tertiary/aromatic N) is 2. The summed E-state index contributed by atoms with van der Waals surface area (Å²) in [7, 11) is 0. The molecule has 0 N–H and O–H groups in total. The highest BCUT2D eigenvalue weighted by Gasteiger charge is 2.60. The minimum atomic E-state index is -0.544. The molecular formula is C16H14N2O5. The maximum Gasteiger partial charge on any atom is 0.269 e. The number of carbonyl (C=O) groups excluding carboxylic acids is 3. The van der Waals surface area contributed by atoms with E-state index in [1.807, 2.05) is 0 Å². The summed E-state index contributed by atoms with van der Waals surface area (Å²) in [4.78, 5) is 48.8. The van der Waals surface area contributed by atoms with E-state index in [4.69, 9.17) is 0 Å². The fourth-order valence-electron chi connectivity index (χ4n) is 4.36. The van der Waals surface area contributed by atoms with Gasteiger partial charge in [0.2, 0.25) is 11.8 Å². The molecule has 4 atom stereocenters. The highest BCUT2D eigenvalue weighted by atomic mass is 16.6. The van der Waals surface area contributed by atoms with Crippen molar-refractivity contribution in [3.8, 4) is 0 Å². The van der Waals surface area contributed by atoms with E-state index < -0.39 is 16.8 Å². The van der Waals surface area contributed by atoms with Crippen molar-refractivity contribution in [2.45, 2.75) is 19.3 Å². The first-order chi connectivity index (χ1) is 11.0. The Balaban J connectivity index is 1.71. The van der Waals surface area contributed by atoms with E-state index in [9.17, 15) is 24.5 Å². The van der Waals surface area contributed by atoms with Gasteiger partial charge in [-0.05, 0) is 30.9 Å². The fraction of sp³-hybridized carbons (Fsp3) is 0.438. The van der Waals surface area contributed by atoms with Crippen molar-refractivity contribution in [1.82, 2.24) is 0 Å². The van der Waals surface area contributed by atoms with Crippen molar-refractivity contribution < 1.29 is 19.3 Å². The number of imide groups is 1. The lowest BCUT2D eigenvalue weighted by Crippen LogP contribution is -2.46. The molecule has 0 radical (unpaired) electrons. The lowest BCUT2D eigenvalue weighted by Gasteiger charge is -2.41. The number of non-ortho nitro benzene ring substituents is 1. The zero-order valence-corrected chi connectivity index (χ0v) is 12.2. The normalized spacial score (nSPS) is 32.3. The number of Topliss-reactive ketones (excluding diaryl/α,β-unsaturated/α-hetero) is 1. The maximum atomic E-state index is 12.7. The summed E-state index contributed by atoms with van der Waals surface area (Å²) in [5, 5.41) is 10.7. The molecule has 1 heterocycles. The fourth-order valence-corrected chi connectivity index (χ4v) is 4.36. The summed E-state index contributed by atoms with van der Waals surface area (Å²) in [5.41, 5.74) is 0.243. The van der Waals surface area contributed by atoms with Crippen LogP contribution in [0.25, 0.3) is 0 Å². The quantitative estimate of drug-likeness (QED) is 0.470. The second-order valence-electron chi connectivity index (χ2n) is 6.45. The van der Waals surface area contributed by atoms with Gasteiger partial charge in [-0.25, -0.2) is 0 Å². The zero-order chi connectivity index (χ0) is 16.3. The number of fused-ring (bicyclic) bond motifs is 2. The molecule has 5 rings (SSSR count). The Labute approximate surface area is 131 Å². The second kappa shape index (κ2) is 4.71. The number of hydrogen-bond acceptors (Lipinski definition) is 5. The van der Waals surface area contributed by atoms with Crippen LogP contribution < -0.4 is 4.90 Å². The second-order valence-corrected chi connectivity index (χ2v) is 6.45. The predicted octanol–water partition coefficient (Wildman–Crippen LogP) is 1.70. The molecule has 3 saturated carbocycles. The van der Waals surface area contributed by atoms with E-state index in [1.165, 1.54) is 24.3 Å². The van der Waals surface area contributed by atoms with Gasteiger partial charge in [-0.3, -0.25) is 29.4 Å². The van der Waals surface area contributed by atoms with Crippen LogP contribution in [0.3, 0.4) is 0 Å². The average molecular weight is 314 g/mol. The SMILES string of the molecule is O=C1C[C@@H]2CC[C@H]1[C@@H]1C(=O)N(c3ccc([N+](=O)[O-])cc3)C(=O)[C@H]21. The first kappa shape index (κ1) is 14.0. The molecule has 0 spiro atoms. The predicted molar refractivity (Wildman–Crippen MR) is 78.4 cm³/mol. The van der Waals surface area contributed by atoms with E-state index >= 15 is 0 Å². The van der Waals surface area contributed by atoms with Gasteiger partial charge < -0.3 is 0 Å². The third-order valence-electron chi connectivity index (χ3n) is 5.38. The topological polar surface area (TPSA) is 97.6 Å². The average Bonchev–Trinajstić information content (AvgIpc) is 2.81. The first-order valence-corrected chi connectivity index (χ1v) is 7.64. The van der Waals surface area contributed by atoms with Crippen molar-refractivity contribution in [2.75, 3.05) is 4.90 Å². The van der Waals surface area contributed by atoms with Crippen LogP contribution in [0.1, 0.15) is 19.3 Å². The lowest BCUT2D eigenvalue weighted by molar-refractivity contribution is -0.384. The van der Waals surface area contributed by atoms with E-state index in [0.717, 1.165) is 11.3 Å². The molecule has 7 nitrogen and oxygen atoms in total. The van der Waals surface area contributed by atoms with Gasteiger partial charge in [0.1, 0.15) is 5.78 Å². The van der Waals surface area contributed by atoms with Crippen molar-refractivity contribution in [3.05, 3.63) is 34.4 Å². The van der Waals surface area contributed by atoms with Gasteiger partial charge in [0, 0.05) is 24.5 Å². The standard InChI is InChI=1S/C16H14N2O5/c19-12-7-8-1-6-11(12)14-13(8)15(20)17(16(14)21)9-2-4-10(5-3-9)18(22)23/h2-5,8,11,13-14H,1,6-7H2/t8-,11+,13+,14-/m0/s1. The Morgan fingerprint density at radius 2 is 1.65 bits per heavy atom. The molecule has 4 aliphatic rings. The number of amides is 2. The van der Waals surface area contributed by atoms with Gasteiger partial charge in [-0.2, -0.15) is 0 Å². The minimum absolute atomic E-state index is 0.0444. The van der Waals surface area contributed by atoms with Crippen LogP contribution in [-0.4, -0.2) is 22.5 Å². The Morgan fingerprint density at radius 3 is 2.26 bits per heavy atom. The third-order valence-corrected chi connectivity index (χ3v) is 5.38. The summed E-state index contributed by atoms with van der Waals surface area (Å²) in [6.45, 7) is 0. The molecule has 23 heavy (non-hydrogen) atoms. The largest absolute Gasteiger partial charge is 0.299 e. The van der Waals surface area contributed by atoms with E-state index in [0.29, 0.717) is 18.5 Å². The van der Waals surface area contributed by atoms with Crippen LogP contribution in [0.5, 0.6) is 0 Å². The van der Waals surface area contributed by atoms with Gasteiger partial charge in [0.25, 0.3) is 5.69 Å². The third kappa shape index (κ3) is 1.85. The Morgan fingerprint density at radius 1 is 1.00 bits per heavy atom. The summed E-state index contributed by atoms with van der Waals surface area (Å²) in [6.07, 6.45) is 1.88. The first-order valence-electron chi connectivity index (χ1n) is 7.64. The molecule has 0 aromatic heterocycles. The van der Waals surface area contributed by atoms with Crippen molar-refractivity contribution >= 4 is 29.0 Å². The van der Waals surface area contributed by atoms with E-state index in [2.05, 4.69) is 0 Å². The summed E-state index contributed by atoms with van der Waals surface area (Å²) in [6, 6.07) is 5.37. The van der Waals surface area contributed by atoms with Gasteiger partial charge in [-0.1, -0.05) is 0 Å². The van der Waals surface area contributed by atoms with E-state index in [-0.39, 0.29) is 35.1 Å². The maximum absolute atomic E-state index is 12.7. The number of nitro groups is 1. The molecule has 1 aliphatic heterocycles. The summed E-state index contributed by atoms with van der Waals surface area (Å²) >= 11 is 0. The molecule has 3 aliphatic carbocycles. The minimum Gasteiger partial charge on any atom is -0.299 e. The van der Waals surface area contributed by atoms with Crippen LogP contribution in [-0.2, 0) is 14.4 Å². The smallest absolute Gasteiger partial charge is 0.269 e. The number of ketones is 1. The summed E-state index contributed by atoms with van der Waals surface area (Å²) < 4.78 is 0. The highest BCUT2D eigenvalue weighted by molar-refractivity contribution is 6.23. The molecule has 7 heteroatoms. The molecule has 1 aromatic carbocycles. The molecule has 4 fully saturated rings. The lowest BCUT2D eigenvalue weighted by atomic mass is 9.59. The van der Waals surface area contributed by atoms with Gasteiger partial charge >= 0.3 is 0 Å². The van der Waals surface area contributed by atoms with Crippen LogP contribution in [0.2, 0.25) is 0 Å². The van der Waals surface area contributed by atoms with Crippen LogP contribution >= 0.6 is 0 Å². The number of anilines is 1. The van der Waals surface area contributed by atoms with Gasteiger partial charge in [-0.15, -0.1) is 0 Å². The summed E-state index contributed by atoms with van der Waals surface area (Å²) in [5.74, 6) is -1.85. The van der Waals surface area contributed by atoms with Gasteiger partial charge in [0.15, 0.2) is 0 Å². The van der Waals surface area contributed by atoms with Crippen molar-refractivity contribution in [3.63, 3.8) is 0 Å². The molecule has 1 saturated heterocycles. The molecule has 2 bridgehead atoms. The van der Waals surface area contributed by atoms with Crippen molar-refractivity contribution in [2.24, 2.45) is 23.7 Å². The Bertz CT molecular complexity index is 741. The Hall–Kier alpha value is -2.57. The van der Waals surface area contributed by atoms with Crippen molar-refractivity contribution in [1.29, 1.82) is 0 Å². The number of hydrogen-bond donors (Lipinski definition) is 0. The number of rotatable bonds is 2. The molecule has 118 valence electrons. The highest BCUT2D eigenvalue weighted by Crippen LogP contribution is 2.52. The van der Waals surface area contributed by atoms with Gasteiger partial charge in [0.05, 0.1) is 22.4 Å². The molecule has 1 aromatic rings. The number of nitro benzene ring substituents is 1. The Kier molecular flexibility index (Phi) is 2.88. The van der Waals surface area contributed by atoms with Crippen LogP contribution in [0, 0.1) is 33.8 Å². The number of carbonyl (C=O) groups is 3. The molecule has 0 unspecified atom stereocenters. The zero-order valence-electron chi connectivity index (χ0n) is 12.2.